The molecule has 2 nitrogen and oxygen atoms in total. The van der Waals surface area contributed by atoms with Crippen LogP contribution < -0.4 is 9.47 Å². The second-order valence-electron chi connectivity index (χ2n) is 2.41. The maximum absolute atomic E-state index is 5.15. The van der Waals surface area contributed by atoms with E-state index in [1.165, 1.54) is 0 Å². The Balaban J connectivity index is 3.05. The molecule has 0 heterocycles. The molecule has 1 aromatic carbocycles. The van der Waals surface area contributed by atoms with Crippen LogP contribution in [0.1, 0.15) is 5.56 Å². The predicted octanol–water partition coefficient (Wildman–Crippen LogP) is 3.07. The highest BCUT2D eigenvalue weighted by molar-refractivity contribution is 9.11. The molecule has 0 aliphatic heterocycles. The van der Waals surface area contributed by atoms with E-state index in [1.807, 2.05) is 24.3 Å². The fourth-order valence-corrected chi connectivity index (χ4v) is 1.33. The summed E-state index contributed by atoms with van der Waals surface area (Å²) in [5.74, 6) is 1.49. The number of benzene rings is 1. The van der Waals surface area contributed by atoms with Crippen LogP contribution in [0.5, 0.6) is 11.5 Å². The molecule has 0 aliphatic carbocycles. The van der Waals surface area contributed by atoms with Gasteiger partial charge in [-0.05, 0) is 28.8 Å². The summed E-state index contributed by atoms with van der Waals surface area (Å²) in [5, 5.41) is 0. The number of ether oxygens (including phenoxy) is 2. The van der Waals surface area contributed by atoms with Crippen molar-refractivity contribution in [3.8, 4) is 11.5 Å². The summed E-state index contributed by atoms with van der Waals surface area (Å²) in [6.45, 7) is 0. The molecule has 0 bridgehead atoms. The minimum Gasteiger partial charge on any atom is -0.493 e. The lowest BCUT2D eigenvalue weighted by molar-refractivity contribution is 0.355. The third kappa shape index (κ3) is 2.49. The molecule has 0 atom stereocenters. The second kappa shape index (κ2) is 4.92. The summed E-state index contributed by atoms with van der Waals surface area (Å²) in [6, 6.07) is 5.75. The van der Waals surface area contributed by atoms with Gasteiger partial charge < -0.3 is 9.47 Å². The predicted molar refractivity (Wildman–Crippen MR) is 57.5 cm³/mol. The maximum atomic E-state index is 5.15. The number of halogens is 1. The molecule has 0 saturated heterocycles. The van der Waals surface area contributed by atoms with Gasteiger partial charge in [0.15, 0.2) is 11.5 Å². The van der Waals surface area contributed by atoms with E-state index in [-0.39, 0.29) is 0 Å². The molecule has 0 unspecified atom stereocenters. The summed E-state index contributed by atoms with van der Waals surface area (Å²) in [6.07, 6.45) is 1.93. The Kier molecular flexibility index (Phi) is 3.83. The summed E-state index contributed by atoms with van der Waals surface area (Å²) in [5.41, 5.74) is 1.06. The van der Waals surface area contributed by atoms with E-state index in [0.29, 0.717) is 0 Å². The van der Waals surface area contributed by atoms with E-state index in [2.05, 4.69) is 15.9 Å². The zero-order valence-electron chi connectivity index (χ0n) is 7.58. The van der Waals surface area contributed by atoms with Crippen LogP contribution in [0.2, 0.25) is 0 Å². The van der Waals surface area contributed by atoms with E-state index < -0.39 is 0 Å². The lowest BCUT2D eigenvalue weighted by Crippen LogP contribution is -1.90. The molecular weight excluding hydrogens is 232 g/mol. The van der Waals surface area contributed by atoms with Crippen LogP contribution in [0.3, 0.4) is 0 Å². The Bertz CT molecular complexity index is 308. The van der Waals surface area contributed by atoms with Crippen molar-refractivity contribution >= 4 is 22.0 Å². The summed E-state index contributed by atoms with van der Waals surface area (Å²) in [7, 11) is 3.25. The molecule has 13 heavy (non-hydrogen) atoms. The Morgan fingerprint density at radius 3 is 2.38 bits per heavy atom. The van der Waals surface area contributed by atoms with Crippen LogP contribution >= 0.6 is 15.9 Å². The minimum atomic E-state index is 0.741. The lowest BCUT2D eigenvalue weighted by Gasteiger charge is -2.07. The molecule has 0 amide bonds. The molecule has 70 valence electrons. The standard InChI is InChI=1S/C10H11BrO2/c1-12-9-4-3-8(5-6-11)7-10(9)13-2/h3-7H,1-2H3/b6-5+. The van der Waals surface area contributed by atoms with Crippen LogP contribution in [0, 0.1) is 0 Å². The first-order chi connectivity index (χ1) is 6.31. The van der Waals surface area contributed by atoms with Crippen molar-refractivity contribution in [2.24, 2.45) is 0 Å². The third-order valence-electron chi connectivity index (χ3n) is 1.66. The number of hydrogen-bond donors (Lipinski definition) is 0. The van der Waals surface area contributed by atoms with Gasteiger partial charge in [-0.1, -0.05) is 22.0 Å². The fraction of sp³-hybridized carbons (Fsp3) is 0.200. The van der Waals surface area contributed by atoms with E-state index in [4.69, 9.17) is 9.47 Å². The molecule has 0 aromatic heterocycles. The zero-order valence-corrected chi connectivity index (χ0v) is 9.17. The smallest absolute Gasteiger partial charge is 0.161 e. The van der Waals surface area contributed by atoms with Crippen molar-refractivity contribution in [3.05, 3.63) is 28.7 Å². The average molecular weight is 243 g/mol. The quantitative estimate of drug-likeness (QED) is 0.812. The summed E-state index contributed by atoms with van der Waals surface area (Å²) >= 11 is 3.22. The van der Waals surface area contributed by atoms with Crippen LogP contribution in [0.4, 0.5) is 0 Å². The first kappa shape index (κ1) is 10.1. The largest absolute Gasteiger partial charge is 0.493 e. The number of hydrogen-bond acceptors (Lipinski definition) is 2. The van der Waals surface area contributed by atoms with Gasteiger partial charge in [-0.3, -0.25) is 0 Å². The Hall–Kier alpha value is -0.960. The lowest BCUT2D eigenvalue weighted by atomic mass is 10.2. The highest BCUT2D eigenvalue weighted by Crippen LogP contribution is 2.27. The average Bonchev–Trinajstić information content (AvgIpc) is 2.18. The van der Waals surface area contributed by atoms with Gasteiger partial charge in [0, 0.05) is 0 Å². The topological polar surface area (TPSA) is 18.5 Å². The molecule has 0 spiro atoms. The summed E-state index contributed by atoms with van der Waals surface area (Å²) in [4.78, 5) is 1.80. The van der Waals surface area contributed by atoms with Gasteiger partial charge in [-0.2, -0.15) is 0 Å². The van der Waals surface area contributed by atoms with Crippen molar-refractivity contribution in [2.45, 2.75) is 0 Å². The molecule has 3 heteroatoms. The van der Waals surface area contributed by atoms with Gasteiger partial charge >= 0.3 is 0 Å². The Labute approximate surface area is 86.3 Å². The van der Waals surface area contributed by atoms with E-state index in [1.54, 1.807) is 19.2 Å². The minimum absolute atomic E-state index is 0.741. The first-order valence-corrected chi connectivity index (χ1v) is 4.72. The van der Waals surface area contributed by atoms with Gasteiger partial charge in [-0.25, -0.2) is 0 Å². The van der Waals surface area contributed by atoms with Crippen LogP contribution in [-0.2, 0) is 0 Å². The van der Waals surface area contributed by atoms with Crippen molar-refractivity contribution < 1.29 is 9.47 Å². The second-order valence-corrected chi connectivity index (χ2v) is 2.94. The third-order valence-corrected chi connectivity index (χ3v) is 1.93. The molecule has 0 N–H and O–H groups in total. The van der Waals surface area contributed by atoms with Gasteiger partial charge in [0.25, 0.3) is 0 Å². The Morgan fingerprint density at radius 2 is 1.85 bits per heavy atom. The van der Waals surface area contributed by atoms with E-state index >= 15 is 0 Å². The van der Waals surface area contributed by atoms with Crippen molar-refractivity contribution in [3.63, 3.8) is 0 Å². The zero-order chi connectivity index (χ0) is 9.68. The van der Waals surface area contributed by atoms with Crippen LogP contribution in [0.25, 0.3) is 6.08 Å². The first-order valence-electron chi connectivity index (χ1n) is 3.80. The fourth-order valence-electron chi connectivity index (χ4n) is 1.03. The SMILES string of the molecule is COc1ccc(/C=C/Br)cc1OC. The molecule has 0 fully saturated rings. The summed E-state index contributed by atoms with van der Waals surface area (Å²) < 4.78 is 10.3. The highest BCUT2D eigenvalue weighted by Gasteiger charge is 2.01. The van der Waals surface area contributed by atoms with Crippen molar-refractivity contribution in [2.75, 3.05) is 14.2 Å². The molecule has 0 aliphatic rings. The van der Waals surface area contributed by atoms with Gasteiger partial charge in [-0.15, -0.1) is 0 Å². The molecule has 0 saturated carbocycles. The molecule has 0 radical (unpaired) electrons. The van der Waals surface area contributed by atoms with E-state index in [0.717, 1.165) is 17.1 Å². The molecule has 1 rings (SSSR count). The highest BCUT2D eigenvalue weighted by atomic mass is 79.9. The van der Waals surface area contributed by atoms with Gasteiger partial charge in [0.2, 0.25) is 0 Å². The van der Waals surface area contributed by atoms with Crippen LogP contribution in [-0.4, -0.2) is 14.2 Å². The van der Waals surface area contributed by atoms with Crippen LogP contribution in [0.15, 0.2) is 23.2 Å². The molecule has 1 aromatic rings. The normalized spacial score (nSPS) is 10.4. The van der Waals surface area contributed by atoms with Crippen molar-refractivity contribution in [1.82, 2.24) is 0 Å². The van der Waals surface area contributed by atoms with Gasteiger partial charge in [0.1, 0.15) is 0 Å². The monoisotopic (exact) mass is 242 g/mol. The maximum Gasteiger partial charge on any atom is 0.161 e. The van der Waals surface area contributed by atoms with E-state index in [9.17, 15) is 0 Å². The molecular formula is C10H11BrO2. The Morgan fingerprint density at radius 1 is 1.15 bits per heavy atom. The number of rotatable bonds is 3. The van der Waals surface area contributed by atoms with Crippen molar-refractivity contribution in [1.29, 1.82) is 0 Å². The number of methoxy groups -OCH3 is 2. The van der Waals surface area contributed by atoms with Gasteiger partial charge in [0.05, 0.1) is 14.2 Å².